The van der Waals surface area contributed by atoms with Crippen molar-refractivity contribution in [3.63, 3.8) is 0 Å². The largest absolute Gasteiger partial charge is 0.388 e. The van der Waals surface area contributed by atoms with Gasteiger partial charge in [-0.3, -0.25) is 4.98 Å². The van der Waals surface area contributed by atoms with Gasteiger partial charge >= 0.3 is 0 Å². The number of fused-ring (bicyclic) bond motifs is 1. The summed E-state index contributed by atoms with van der Waals surface area (Å²) < 4.78 is 23.9. The van der Waals surface area contributed by atoms with Gasteiger partial charge in [0.15, 0.2) is 5.67 Å². The van der Waals surface area contributed by atoms with E-state index < -0.39 is 29.1 Å². The lowest BCUT2D eigenvalue weighted by atomic mass is 9.53. The van der Waals surface area contributed by atoms with E-state index in [2.05, 4.69) is 30.1 Å². The van der Waals surface area contributed by atoms with Crippen LogP contribution in [0.1, 0.15) is 51.0 Å². The Hall–Kier alpha value is -1.86. The van der Waals surface area contributed by atoms with Gasteiger partial charge in [-0.25, -0.2) is 4.39 Å². The minimum absolute atomic E-state index is 0.0336. The monoisotopic (exact) mass is 466 g/mol. The van der Waals surface area contributed by atoms with Gasteiger partial charge in [-0.2, -0.15) is 0 Å². The van der Waals surface area contributed by atoms with Crippen LogP contribution in [-0.4, -0.2) is 69.3 Å². The predicted octanol–water partition coefficient (Wildman–Crippen LogP) is 3.83. The third-order valence-electron chi connectivity index (χ3n) is 9.84. The van der Waals surface area contributed by atoms with Gasteiger partial charge in [0.2, 0.25) is 0 Å². The normalized spacial score (nSPS) is 47.3. The number of nitrogens with zero attached hydrogens (tertiary/aromatic N) is 2. The fraction of sp³-hybridized carbons (Fsp3) is 0.607. The highest BCUT2D eigenvalue weighted by Crippen LogP contribution is 2.70. The first kappa shape index (κ1) is 22.6. The molecule has 0 radical (unpaired) electrons. The van der Waals surface area contributed by atoms with Gasteiger partial charge in [-0.15, -0.1) is 0 Å². The number of ether oxygens (including phenoxy) is 1. The van der Waals surface area contributed by atoms with Crippen molar-refractivity contribution in [2.24, 2.45) is 11.3 Å². The summed E-state index contributed by atoms with van der Waals surface area (Å²) in [6, 6.07) is 3.73. The molecule has 6 rings (SSSR count). The van der Waals surface area contributed by atoms with Crippen LogP contribution in [0.15, 0.2) is 53.9 Å². The predicted molar refractivity (Wildman–Crippen MR) is 129 cm³/mol. The van der Waals surface area contributed by atoms with E-state index in [9.17, 15) is 10.2 Å². The number of hydrogen-bond donors (Lipinski definition) is 2. The molecule has 2 bridgehead atoms. The molecule has 2 N–H and O–H groups in total. The van der Waals surface area contributed by atoms with Gasteiger partial charge in [0.1, 0.15) is 11.7 Å². The van der Waals surface area contributed by atoms with Crippen molar-refractivity contribution < 1.29 is 19.3 Å². The van der Waals surface area contributed by atoms with Crippen molar-refractivity contribution in [2.75, 3.05) is 14.1 Å². The number of rotatable bonds is 3. The number of pyridine rings is 1. The molecule has 0 amide bonds. The molecule has 1 saturated heterocycles. The number of aromatic nitrogens is 1. The van der Waals surface area contributed by atoms with E-state index in [0.717, 1.165) is 18.4 Å². The third kappa shape index (κ3) is 2.83. The van der Waals surface area contributed by atoms with Crippen LogP contribution in [0, 0.1) is 11.3 Å². The van der Waals surface area contributed by atoms with Crippen LogP contribution in [0.3, 0.4) is 0 Å². The topological polar surface area (TPSA) is 65.8 Å². The summed E-state index contributed by atoms with van der Waals surface area (Å²) in [5.74, 6) is 0.0336. The number of allylic oxidation sites excluding steroid dienone is 3. The molecule has 6 heteroatoms. The Morgan fingerprint density at radius 3 is 2.74 bits per heavy atom. The summed E-state index contributed by atoms with van der Waals surface area (Å²) >= 11 is 0. The van der Waals surface area contributed by atoms with Crippen LogP contribution < -0.4 is 0 Å². The lowest BCUT2D eigenvalue weighted by Gasteiger charge is -2.60. The van der Waals surface area contributed by atoms with Crippen LogP contribution in [-0.2, 0) is 4.74 Å². The molecule has 3 fully saturated rings. The molecule has 2 aliphatic heterocycles. The van der Waals surface area contributed by atoms with Crippen molar-refractivity contribution in [1.82, 2.24) is 9.88 Å². The molecule has 2 unspecified atom stereocenters. The minimum atomic E-state index is -1.63. The highest BCUT2D eigenvalue weighted by molar-refractivity contribution is 5.55. The molecular formula is C28H35FN2O3. The summed E-state index contributed by atoms with van der Waals surface area (Å²) in [5, 5.41) is 21.8. The molecule has 1 aromatic heterocycles. The number of aliphatic hydroxyl groups is 2. The molecule has 1 aromatic rings. The molecule has 34 heavy (non-hydrogen) atoms. The zero-order valence-corrected chi connectivity index (χ0v) is 20.2. The molecule has 182 valence electrons. The molecule has 3 aliphatic carbocycles. The average molecular weight is 467 g/mol. The fourth-order valence-corrected chi connectivity index (χ4v) is 7.93. The number of aliphatic hydroxyl groups excluding tert-OH is 2. The maximum Gasteiger partial charge on any atom is 0.158 e. The fourth-order valence-electron chi connectivity index (χ4n) is 7.93. The Morgan fingerprint density at radius 2 is 2.00 bits per heavy atom. The lowest BCUT2D eigenvalue weighted by molar-refractivity contribution is -0.241. The van der Waals surface area contributed by atoms with Gasteiger partial charge in [0.25, 0.3) is 0 Å². The van der Waals surface area contributed by atoms with E-state index in [4.69, 9.17) is 4.74 Å². The van der Waals surface area contributed by atoms with Crippen molar-refractivity contribution in [1.29, 1.82) is 0 Å². The second-order valence-electron chi connectivity index (χ2n) is 11.6. The molecule has 3 heterocycles. The van der Waals surface area contributed by atoms with Crippen molar-refractivity contribution >= 4 is 6.08 Å². The molecule has 5 aliphatic rings. The van der Waals surface area contributed by atoms with Crippen LogP contribution in [0.2, 0.25) is 0 Å². The second kappa shape index (κ2) is 7.33. The molecule has 2 spiro atoms. The maximum atomic E-state index is 17.0. The van der Waals surface area contributed by atoms with E-state index >= 15 is 4.39 Å². The van der Waals surface area contributed by atoms with E-state index in [-0.39, 0.29) is 17.4 Å². The van der Waals surface area contributed by atoms with Gasteiger partial charge in [0.05, 0.1) is 11.7 Å². The number of alkyl halides is 1. The van der Waals surface area contributed by atoms with Gasteiger partial charge < -0.3 is 19.8 Å². The molecule has 5 nitrogen and oxygen atoms in total. The van der Waals surface area contributed by atoms with Crippen molar-refractivity contribution in [2.45, 2.75) is 80.6 Å². The minimum Gasteiger partial charge on any atom is -0.388 e. The van der Waals surface area contributed by atoms with Gasteiger partial charge in [0, 0.05) is 24.4 Å². The van der Waals surface area contributed by atoms with Gasteiger partial charge in [-0.1, -0.05) is 31.2 Å². The first-order chi connectivity index (χ1) is 16.1. The summed E-state index contributed by atoms with van der Waals surface area (Å²) in [7, 11) is 3.83. The summed E-state index contributed by atoms with van der Waals surface area (Å²) in [6.07, 6.45) is 13.6. The Morgan fingerprint density at radius 1 is 1.18 bits per heavy atom. The summed E-state index contributed by atoms with van der Waals surface area (Å²) in [6.45, 7) is 2.27. The van der Waals surface area contributed by atoms with Gasteiger partial charge in [-0.05, 0) is 86.9 Å². The Labute approximate surface area is 201 Å². The second-order valence-corrected chi connectivity index (χ2v) is 11.6. The summed E-state index contributed by atoms with van der Waals surface area (Å²) in [4.78, 5) is 6.15. The van der Waals surface area contributed by atoms with E-state index in [0.29, 0.717) is 31.3 Å². The molecular weight excluding hydrogens is 431 g/mol. The Bertz CT molecular complexity index is 1090. The highest BCUT2D eigenvalue weighted by atomic mass is 19.1. The van der Waals surface area contributed by atoms with Crippen molar-refractivity contribution in [3.8, 4) is 0 Å². The SMILES string of the molecule is CN(C)[C@H]1C[C@@]23CC[C@]4(O2)C2CC=C(/C=C/c5cccnc5)[C@@]2(C)CCC4(F)C=C3[C@@H](O)[C@@H]1O. The molecule has 0 aromatic carbocycles. The Balaban J connectivity index is 1.37. The highest BCUT2D eigenvalue weighted by Gasteiger charge is 2.74. The van der Waals surface area contributed by atoms with E-state index in [1.807, 2.05) is 37.3 Å². The summed E-state index contributed by atoms with van der Waals surface area (Å²) in [5.41, 5.74) is -0.524. The third-order valence-corrected chi connectivity index (χ3v) is 9.84. The number of likely N-dealkylation sites (N-methyl/N-ethyl adjacent to an activating group) is 1. The maximum absolute atomic E-state index is 17.0. The first-order valence-electron chi connectivity index (χ1n) is 12.6. The smallest absolute Gasteiger partial charge is 0.158 e. The van der Waals surface area contributed by atoms with Crippen molar-refractivity contribution in [3.05, 3.63) is 59.5 Å². The quantitative estimate of drug-likeness (QED) is 0.663. The standard InChI is InChI=1S/C28H35FN2O3/c1-25-10-12-27(29)15-20-23(32)24(33)21(31(2)3)16-26(20)11-13-28(27,34-26)22(25)9-8-19(25)7-6-18-5-4-14-30-17-18/h4-8,14-15,17,21-24,32-33H,9-13,16H2,1-3H3/b7-6+/t21-,22?,23+,24+,25+,26+,27?,28-/m0/s1. The molecule has 2 saturated carbocycles. The van der Waals surface area contributed by atoms with Crippen LogP contribution in [0.4, 0.5) is 4.39 Å². The zero-order chi connectivity index (χ0) is 23.9. The Kier molecular flexibility index (Phi) is 4.87. The molecule has 8 atom stereocenters. The van der Waals surface area contributed by atoms with Crippen LogP contribution >= 0.6 is 0 Å². The zero-order valence-electron chi connectivity index (χ0n) is 20.2. The average Bonchev–Trinajstić information content (AvgIpc) is 3.34. The van der Waals surface area contributed by atoms with E-state index in [1.165, 1.54) is 5.57 Å². The lowest BCUT2D eigenvalue weighted by Crippen LogP contribution is -2.68. The number of hydrogen-bond acceptors (Lipinski definition) is 5. The van der Waals surface area contributed by atoms with Crippen LogP contribution in [0.5, 0.6) is 0 Å². The number of halogens is 1. The first-order valence-corrected chi connectivity index (χ1v) is 12.6. The van der Waals surface area contributed by atoms with Crippen LogP contribution in [0.25, 0.3) is 6.08 Å². The van der Waals surface area contributed by atoms with E-state index in [1.54, 1.807) is 12.3 Å².